The van der Waals surface area contributed by atoms with Crippen LogP contribution in [0.5, 0.6) is 0 Å². The molecule has 2 heterocycles. The molecule has 0 spiro atoms. The normalized spacial score (nSPS) is 15.3. The lowest BCUT2D eigenvalue weighted by atomic mass is 9.95. The van der Waals surface area contributed by atoms with E-state index in [1.165, 1.54) is 0 Å². The first kappa shape index (κ1) is 16.5. The largest absolute Gasteiger partial charge is 0.359 e. The van der Waals surface area contributed by atoms with Gasteiger partial charge in [0.05, 0.1) is 17.4 Å². The van der Waals surface area contributed by atoms with Crippen molar-refractivity contribution in [2.24, 2.45) is 5.92 Å². The van der Waals surface area contributed by atoms with Gasteiger partial charge in [0.1, 0.15) is 0 Å². The second-order valence-corrected chi connectivity index (χ2v) is 6.27. The maximum Gasteiger partial charge on any atom is 0.257 e. The van der Waals surface area contributed by atoms with Gasteiger partial charge in [-0.3, -0.25) is 9.59 Å². The van der Waals surface area contributed by atoms with E-state index in [0.717, 1.165) is 5.69 Å². The molecule has 1 saturated heterocycles. The van der Waals surface area contributed by atoms with Crippen LogP contribution >= 0.6 is 11.6 Å². The first-order valence-electron chi connectivity index (χ1n) is 7.90. The second kappa shape index (κ2) is 7.05. The summed E-state index contributed by atoms with van der Waals surface area (Å²) in [5, 5.41) is 7.58. The van der Waals surface area contributed by atoms with Gasteiger partial charge in [0, 0.05) is 37.3 Å². The Labute approximate surface area is 145 Å². The first-order valence-corrected chi connectivity index (χ1v) is 8.28. The van der Waals surface area contributed by atoms with E-state index in [1.807, 2.05) is 12.1 Å². The minimum absolute atomic E-state index is 0.00385. The highest BCUT2D eigenvalue weighted by Crippen LogP contribution is 2.20. The lowest BCUT2D eigenvalue weighted by Gasteiger charge is -2.30. The van der Waals surface area contributed by atoms with Gasteiger partial charge in [0.15, 0.2) is 0 Å². The number of benzene rings is 1. The number of carbonyl (C=O) groups is 2. The molecule has 1 aliphatic rings. The van der Waals surface area contributed by atoms with E-state index < -0.39 is 0 Å². The van der Waals surface area contributed by atoms with E-state index in [-0.39, 0.29) is 17.7 Å². The molecule has 1 aromatic carbocycles. The highest BCUT2D eigenvalue weighted by Gasteiger charge is 2.27. The maximum atomic E-state index is 12.6. The predicted octanol–water partition coefficient (Wildman–Crippen LogP) is 2.12. The number of amides is 2. The fourth-order valence-corrected chi connectivity index (χ4v) is 3.03. The standard InChI is InChI=1S/C17H19ClN4O2/c1-19-16(23)12-6-8-21(9-7-12)17(24)13-10-20-22(11-13)15-4-2-14(18)3-5-15/h2-5,10-12H,6-9H2,1H3,(H,19,23). The molecule has 0 atom stereocenters. The van der Waals surface area contributed by atoms with Gasteiger partial charge >= 0.3 is 0 Å². The zero-order valence-electron chi connectivity index (χ0n) is 13.4. The zero-order valence-corrected chi connectivity index (χ0v) is 14.2. The van der Waals surface area contributed by atoms with E-state index in [9.17, 15) is 9.59 Å². The Balaban J connectivity index is 1.66. The van der Waals surface area contributed by atoms with Crippen molar-refractivity contribution in [3.63, 3.8) is 0 Å². The van der Waals surface area contributed by atoms with Crippen LogP contribution in [-0.4, -0.2) is 46.6 Å². The fraction of sp³-hybridized carbons (Fsp3) is 0.353. The Morgan fingerprint density at radius 2 is 1.88 bits per heavy atom. The van der Waals surface area contributed by atoms with Crippen molar-refractivity contribution in [2.75, 3.05) is 20.1 Å². The van der Waals surface area contributed by atoms with Gasteiger partial charge in [-0.25, -0.2) is 4.68 Å². The molecule has 1 fully saturated rings. The third-order valence-electron chi connectivity index (χ3n) is 4.32. The molecular formula is C17H19ClN4O2. The quantitative estimate of drug-likeness (QED) is 0.925. The highest BCUT2D eigenvalue weighted by atomic mass is 35.5. The van der Waals surface area contributed by atoms with Crippen LogP contribution in [0.1, 0.15) is 23.2 Å². The van der Waals surface area contributed by atoms with Crippen LogP contribution in [0.25, 0.3) is 5.69 Å². The van der Waals surface area contributed by atoms with Crippen molar-refractivity contribution >= 4 is 23.4 Å². The highest BCUT2D eigenvalue weighted by molar-refractivity contribution is 6.30. The van der Waals surface area contributed by atoms with Crippen LogP contribution in [0.2, 0.25) is 5.02 Å². The van der Waals surface area contributed by atoms with E-state index in [4.69, 9.17) is 11.6 Å². The van der Waals surface area contributed by atoms with Gasteiger partial charge in [0.25, 0.3) is 5.91 Å². The van der Waals surface area contributed by atoms with Crippen LogP contribution in [0, 0.1) is 5.92 Å². The Kier molecular flexibility index (Phi) is 4.85. The van der Waals surface area contributed by atoms with E-state index in [2.05, 4.69) is 10.4 Å². The lowest BCUT2D eigenvalue weighted by Crippen LogP contribution is -2.42. The SMILES string of the molecule is CNC(=O)C1CCN(C(=O)c2cnn(-c3ccc(Cl)cc3)c2)CC1. The number of likely N-dealkylation sites (tertiary alicyclic amines) is 1. The van der Waals surface area contributed by atoms with E-state index >= 15 is 0 Å². The third kappa shape index (κ3) is 3.43. The van der Waals surface area contributed by atoms with Crippen LogP contribution in [0.15, 0.2) is 36.7 Å². The van der Waals surface area contributed by atoms with Gasteiger partial charge < -0.3 is 10.2 Å². The van der Waals surface area contributed by atoms with Gasteiger partial charge in [-0.1, -0.05) is 11.6 Å². The average Bonchev–Trinajstić information content (AvgIpc) is 3.11. The molecule has 2 aromatic rings. The third-order valence-corrected chi connectivity index (χ3v) is 4.57. The van der Waals surface area contributed by atoms with Gasteiger partial charge in [-0.15, -0.1) is 0 Å². The van der Waals surface area contributed by atoms with Crippen molar-refractivity contribution in [3.05, 3.63) is 47.2 Å². The number of nitrogens with zero attached hydrogens (tertiary/aromatic N) is 3. The molecule has 3 rings (SSSR count). The van der Waals surface area contributed by atoms with Gasteiger partial charge in [-0.05, 0) is 37.1 Å². The number of aromatic nitrogens is 2. The molecule has 7 heteroatoms. The summed E-state index contributed by atoms with van der Waals surface area (Å²) in [5.74, 6) is -0.000863. The molecule has 1 N–H and O–H groups in total. The summed E-state index contributed by atoms with van der Waals surface area (Å²) in [4.78, 5) is 26.0. The summed E-state index contributed by atoms with van der Waals surface area (Å²) in [6.45, 7) is 1.17. The number of hydrogen-bond acceptors (Lipinski definition) is 3. The predicted molar refractivity (Wildman–Crippen MR) is 91.3 cm³/mol. The maximum absolute atomic E-state index is 12.6. The average molecular weight is 347 g/mol. The molecule has 24 heavy (non-hydrogen) atoms. The van der Waals surface area contributed by atoms with Gasteiger partial charge in [-0.2, -0.15) is 5.10 Å². The Morgan fingerprint density at radius 1 is 1.21 bits per heavy atom. The molecule has 0 bridgehead atoms. The monoisotopic (exact) mass is 346 g/mol. The molecule has 0 saturated carbocycles. The van der Waals surface area contributed by atoms with Gasteiger partial charge in [0.2, 0.25) is 5.91 Å². The summed E-state index contributed by atoms with van der Waals surface area (Å²) in [5.41, 5.74) is 1.39. The van der Waals surface area contributed by atoms with Crippen molar-refractivity contribution in [2.45, 2.75) is 12.8 Å². The molecule has 0 aliphatic carbocycles. The summed E-state index contributed by atoms with van der Waals surface area (Å²) in [6, 6.07) is 7.25. The van der Waals surface area contributed by atoms with Crippen LogP contribution in [-0.2, 0) is 4.79 Å². The smallest absolute Gasteiger partial charge is 0.257 e. The summed E-state index contributed by atoms with van der Waals surface area (Å²) in [7, 11) is 1.64. The van der Waals surface area contributed by atoms with Crippen LogP contribution in [0.3, 0.4) is 0 Å². The molecular weight excluding hydrogens is 328 g/mol. The Morgan fingerprint density at radius 3 is 2.50 bits per heavy atom. The second-order valence-electron chi connectivity index (χ2n) is 5.83. The van der Waals surface area contributed by atoms with Crippen molar-refractivity contribution in [3.8, 4) is 5.69 Å². The van der Waals surface area contributed by atoms with Crippen LogP contribution in [0.4, 0.5) is 0 Å². The topological polar surface area (TPSA) is 67.2 Å². The molecule has 126 valence electrons. The zero-order chi connectivity index (χ0) is 17.1. The summed E-state index contributed by atoms with van der Waals surface area (Å²) in [6.07, 6.45) is 4.67. The number of halogens is 1. The summed E-state index contributed by atoms with van der Waals surface area (Å²) < 4.78 is 1.65. The summed E-state index contributed by atoms with van der Waals surface area (Å²) >= 11 is 5.88. The Hall–Kier alpha value is -2.34. The number of carbonyl (C=O) groups excluding carboxylic acids is 2. The molecule has 0 unspecified atom stereocenters. The molecule has 2 amide bonds. The minimum atomic E-state index is -0.0504. The Bertz CT molecular complexity index is 733. The number of hydrogen-bond donors (Lipinski definition) is 1. The fourth-order valence-electron chi connectivity index (χ4n) is 2.90. The number of nitrogens with one attached hydrogen (secondary N) is 1. The van der Waals surface area contributed by atoms with Crippen molar-refractivity contribution < 1.29 is 9.59 Å². The van der Waals surface area contributed by atoms with E-state index in [0.29, 0.717) is 36.5 Å². The minimum Gasteiger partial charge on any atom is -0.359 e. The van der Waals surface area contributed by atoms with Crippen LogP contribution < -0.4 is 5.32 Å². The molecule has 0 radical (unpaired) electrons. The first-order chi connectivity index (χ1) is 11.6. The molecule has 6 nitrogen and oxygen atoms in total. The van der Waals surface area contributed by atoms with Crippen molar-refractivity contribution in [1.82, 2.24) is 20.0 Å². The molecule has 1 aromatic heterocycles. The number of rotatable bonds is 3. The van der Waals surface area contributed by atoms with E-state index in [1.54, 1.807) is 41.2 Å². The lowest BCUT2D eigenvalue weighted by molar-refractivity contribution is -0.125. The van der Waals surface area contributed by atoms with Crippen molar-refractivity contribution in [1.29, 1.82) is 0 Å². The number of piperidine rings is 1. The molecule has 1 aliphatic heterocycles.